The molecule has 1 aliphatic heterocycles. The first-order valence-corrected chi connectivity index (χ1v) is 9.86. The highest BCUT2D eigenvalue weighted by atomic mass is 35.5. The number of likely N-dealkylation sites (tertiary alicyclic amines) is 1. The predicted octanol–water partition coefficient (Wildman–Crippen LogP) is 5.09. The Kier molecular flexibility index (Phi) is 5.72. The Morgan fingerprint density at radius 3 is 2.70 bits per heavy atom. The second-order valence-electron chi connectivity index (χ2n) is 6.65. The maximum atomic E-state index is 6.05. The smallest absolute Gasteiger partial charge is 0.295 e. The Morgan fingerprint density at radius 1 is 1.11 bits per heavy atom. The molecule has 1 aromatic heterocycles. The monoisotopic (exact) mass is 405 g/mol. The number of rotatable bonds is 6. The molecule has 2 aromatic carbocycles. The fourth-order valence-electron chi connectivity index (χ4n) is 3.26. The molecule has 7 heteroatoms. The molecule has 0 saturated carbocycles. The van der Waals surface area contributed by atoms with E-state index < -0.39 is 0 Å². The SMILES string of the molecule is Clc1ccc(OC2CCN(CCNc3nc4ccccc4o3)CC2)cc1Cl. The minimum absolute atomic E-state index is 0.212. The van der Waals surface area contributed by atoms with Gasteiger partial charge in [0.25, 0.3) is 6.01 Å². The van der Waals surface area contributed by atoms with E-state index >= 15 is 0 Å². The molecule has 2 heterocycles. The number of oxazole rings is 1. The number of aromatic nitrogens is 1. The van der Waals surface area contributed by atoms with Gasteiger partial charge in [-0.25, -0.2) is 0 Å². The summed E-state index contributed by atoms with van der Waals surface area (Å²) in [6.07, 6.45) is 2.19. The number of fused-ring (bicyclic) bond motifs is 1. The fourth-order valence-corrected chi connectivity index (χ4v) is 3.55. The molecule has 0 radical (unpaired) electrons. The summed E-state index contributed by atoms with van der Waals surface area (Å²) >= 11 is 12.0. The highest BCUT2D eigenvalue weighted by Crippen LogP contribution is 2.28. The van der Waals surface area contributed by atoms with Crippen LogP contribution in [0.15, 0.2) is 46.9 Å². The van der Waals surface area contributed by atoms with Crippen LogP contribution < -0.4 is 10.1 Å². The quantitative estimate of drug-likeness (QED) is 0.618. The molecule has 0 bridgehead atoms. The lowest BCUT2D eigenvalue weighted by molar-refractivity contribution is 0.103. The highest BCUT2D eigenvalue weighted by Gasteiger charge is 2.20. The van der Waals surface area contributed by atoms with Gasteiger partial charge in [-0.3, -0.25) is 0 Å². The molecule has 27 heavy (non-hydrogen) atoms. The molecular formula is C20H21Cl2N3O2. The van der Waals surface area contributed by atoms with Gasteiger partial charge in [0.05, 0.1) is 10.0 Å². The molecule has 1 aliphatic rings. The van der Waals surface area contributed by atoms with Gasteiger partial charge in [-0.1, -0.05) is 35.3 Å². The van der Waals surface area contributed by atoms with Crippen LogP contribution in [-0.2, 0) is 0 Å². The van der Waals surface area contributed by atoms with Crippen LogP contribution in [0.25, 0.3) is 11.1 Å². The van der Waals surface area contributed by atoms with Crippen molar-refractivity contribution < 1.29 is 9.15 Å². The van der Waals surface area contributed by atoms with Crippen molar-refractivity contribution in [2.45, 2.75) is 18.9 Å². The Bertz CT molecular complexity index is 874. The van der Waals surface area contributed by atoms with Crippen LogP contribution in [-0.4, -0.2) is 42.2 Å². The normalized spacial score (nSPS) is 15.9. The Balaban J connectivity index is 1.20. The summed E-state index contributed by atoms with van der Waals surface area (Å²) in [4.78, 5) is 6.85. The second kappa shape index (κ2) is 8.38. The molecule has 1 fully saturated rings. The number of para-hydroxylation sites is 2. The Hall–Kier alpha value is -1.95. The number of nitrogens with one attached hydrogen (secondary N) is 1. The standard InChI is InChI=1S/C20H21Cl2N3O2/c21-16-6-5-15(13-17(16)22)26-14-7-10-25(11-8-14)12-9-23-20-24-18-3-1-2-4-19(18)27-20/h1-6,13-14H,7-12H2,(H,23,24). The molecule has 3 aromatic rings. The van der Waals surface area contributed by atoms with Gasteiger partial charge in [0.1, 0.15) is 17.4 Å². The minimum atomic E-state index is 0.212. The van der Waals surface area contributed by atoms with Gasteiger partial charge >= 0.3 is 0 Å². The number of halogens is 2. The number of anilines is 1. The summed E-state index contributed by atoms with van der Waals surface area (Å²) < 4.78 is 11.7. The third-order valence-corrected chi connectivity index (χ3v) is 5.47. The van der Waals surface area contributed by atoms with E-state index in [1.807, 2.05) is 30.3 Å². The van der Waals surface area contributed by atoms with Crippen LogP contribution in [0, 0.1) is 0 Å². The lowest BCUT2D eigenvalue weighted by Gasteiger charge is -2.32. The summed E-state index contributed by atoms with van der Waals surface area (Å²) in [6, 6.07) is 13.8. The predicted molar refractivity (Wildman–Crippen MR) is 109 cm³/mol. The highest BCUT2D eigenvalue weighted by molar-refractivity contribution is 6.42. The molecule has 4 rings (SSSR count). The van der Waals surface area contributed by atoms with E-state index in [2.05, 4.69) is 15.2 Å². The van der Waals surface area contributed by atoms with E-state index in [0.29, 0.717) is 16.1 Å². The summed E-state index contributed by atoms with van der Waals surface area (Å²) in [7, 11) is 0. The van der Waals surface area contributed by atoms with Crippen LogP contribution in [0.5, 0.6) is 5.75 Å². The molecule has 0 aliphatic carbocycles. The van der Waals surface area contributed by atoms with Gasteiger partial charge in [0.15, 0.2) is 5.58 Å². The fraction of sp³-hybridized carbons (Fsp3) is 0.350. The van der Waals surface area contributed by atoms with Gasteiger partial charge in [0, 0.05) is 32.2 Å². The molecule has 1 saturated heterocycles. The summed E-state index contributed by atoms with van der Waals surface area (Å²) in [5.41, 5.74) is 1.68. The molecule has 0 spiro atoms. The molecule has 0 amide bonds. The largest absolute Gasteiger partial charge is 0.490 e. The molecular weight excluding hydrogens is 385 g/mol. The van der Waals surface area contributed by atoms with Crippen molar-refractivity contribution in [3.63, 3.8) is 0 Å². The Morgan fingerprint density at radius 2 is 1.93 bits per heavy atom. The first kappa shape index (κ1) is 18.4. The van der Waals surface area contributed by atoms with Crippen LogP contribution in [0.1, 0.15) is 12.8 Å². The van der Waals surface area contributed by atoms with E-state index in [-0.39, 0.29) is 6.10 Å². The van der Waals surface area contributed by atoms with Crippen molar-refractivity contribution in [2.75, 3.05) is 31.5 Å². The molecule has 1 N–H and O–H groups in total. The molecule has 142 valence electrons. The van der Waals surface area contributed by atoms with E-state index in [0.717, 1.165) is 55.9 Å². The van der Waals surface area contributed by atoms with Crippen LogP contribution in [0.3, 0.4) is 0 Å². The zero-order valence-corrected chi connectivity index (χ0v) is 16.3. The number of ether oxygens (including phenoxy) is 1. The molecule has 0 unspecified atom stereocenters. The van der Waals surface area contributed by atoms with E-state index in [9.17, 15) is 0 Å². The van der Waals surface area contributed by atoms with Crippen molar-refractivity contribution >= 4 is 40.3 Å². The van der Waals surface area contributed by atoms with Crippen LogP contribution in [0.4, 0.5) is 6.01 Å². The van der Waals surface area contributed by atoms with E-state index in [1.165, 1.54) is 0 Å². The van der Waals surface area contributed by atoms with E-state index in [4.69, 9.17) is 32.4 Å². The average molecular weight is 406 g/mol. The third kappa shape index (κ3) is 4.67. The van der Waals surface area contributed by atoms with Crippen molar-refractivity contribution in [3.05, 3.63) is 52.5 Å². The van der Waals surface area contributed by atoms with Gasteiger partial charge in [-0.15, -0.1) is 0 Å². The summed E-state index contributed by atoms with van der Waals surface area (Å²) in [5, 5.41) is 4.34. The number of piperidine rings is 1. The van der Waals surface area contributed by atoms with Gasteiger partial charge in [0.2, 0.25) is 0 Å². The van der Waals surface area contributed by atoms with Gasteiger partial charge in [-0.2, -0.15) is 4.98 Å². The average Bonchev–Trinajstić information content (AvgIpc) is 3.09. The molecule has 5 nitrogen and oxygen atoms in total. The van der Waals surface area contributed by atoms with Crippen LogP contribution >= 0.6 is 23.2 Å². The topological polar surface area (TPSA) is 50.5 Å². The zero-order chi connectivity index (χ0) is 18.6. The third-order valence-electron chi connectivity index (χ3n) is 4.73. The van der Waals surface area contributed by atoms with Crippen molar-refractivity contribution in [1.82, 2.24) is 9.88 Å². The number of hydrogen-bond donors (Lipinski definition) is 1. The summed E-state index contributed by atoms with van der Waals surface area (Å²) in [6.45, 7) is 3.74. The lowest BCUT2D eigenvalue weighted by Crippen LogP contribution is -2.40. The molecule has 0 atom stereocenters. The zero-order valence-electron chi connectivity index (χ0n) is 14.8. The first-order valence-electron chi connectivity index (χ1n) is 9.11. The Labute approximate surface area is 168 Å². The number of hydrogen-bond acceptors (Lipinski definition) is 5. The summed E-state index contributed by atoms with van der Waals surface area (Å²) in [5.74, 6) is 0.778. The minimum Gasteiger partial charge on any atom is -0.490 e. The van der Waals surface area contributed by atoms with E-state index in [1.54, 1.807) is 12.1 Å². The maximum Gasteiger partial charge on any atom is 0.295 e. The van der Waals surface area contributed by atoms with Crippen molar-refractivity contribution in [1.29, 1.82) is 0 Å². The maximum absolute atomic E-state index is 6.05. The number of benzene rings is 2. The van der Waals surface area contributed by atoms with Gasteiger partial charge < -0.3 is 19.4 Å². The second-order valence-corrected chi connectivity index (χ2v) is 7.46. The first-order chi connectivity index (χ1) is 13.2. The van der Waals surface area contributed by atoms with Crippen molar-refractivity contribution in [3.8, 4) is 5.75 Å². The van der Waals surface area contributed by atoms with Crippen molar-refractivity contribution in [2.24, 2.45) is 0 Å². The number of nitrogens with zero attached hydrogens (tertiary/aromatic N) is 2. The van der Waals surface area contributed by atoms with Crippen LogP contribution in [0.2, 0.25) is 10.0 Å². The van der Waals surface area contributed by atoms with Gasteiger partial charge in [-0.05, 0) is 37.1 Å². The lowest BCUT2D eigenvalue weighted by atomic mass is 10.1.